The normalized spacial score (nSPS) is 11.0. The van der Waals surface area contributed by atoms with E-state index >= 15 is 0 Å². The Morgan fingerprint density at radius 2 is 2.23 bits per heavy atom. The summed E-state index contributed by atoms with van der Waals surface area (Å²) in [6, 6.07) is 7.40. The predicted octanol–water partition coefficient (Wildman–Crippen LogP) is 3.29. The smallest absolute Gasteiger partial charge is 0.248 e. The highest BCUT2D eigenvalue weighted by atomic mass is 32.1. The molecule has 3 aromatic heterocycles. The van der Waals surface area contributed by atoms with Gasteiger partial charge >= 0.3 is 0 Å². The van der Waals surface area contributed by atoms with Crippen molar-refractivity contribution in [3.8, 4) is 5.82 Å². The minimum Gasteiger partial charge on any atom is -0.319 e. The van der Waals surface area contributed by atoms with Gasteiger partial charge in [0.1, 0.15) is 0 Å². The number of nitrogens with zero attached hydrogens (tertiary/aromatic N) is 3. The Hall–Kier alpha value is -2.73. The number of pyridine rings is 1. The van der Waals surface area contributed by atoms with Crippen LogP contribution in [0.3, 0.4) is 0 Å². The summed E-state index contributed by atoms with van der Waals surface area (Å²) < 4.78 is 1.61. The molecule has 0 spiro atoms. The quantitative estimate of drug-likeness (QED) is 0.752. The summed E-state index contributed by atoms with van der Waals surface area (Å²) in [5, 5.41) is 8.98. The van der Waals surface area contributed by atoms with Crippen LogP contribution in [0.4, 0.5) is 5.69 Å². The second-order valence-electron chi connectivity index (χ2n) is 4.62. The Bertz CT molecular complexity index is 805. The van der Waals surface area contributed by atoms with E-state index in [1.165, 1.54) is 6.08 Å². The van der Waals surface area contributed by atoms with Crippen LogP contribution in [0.15, 0.2) is 54.3 Å². The lowest BCUT2D eigenvalue weighted by Gasteiger charge is -2.08. The fourth-order valence-electron chi connectivity index (χ4n) is 1.95. The molecule has 0 radical (unpaired) electrons. The van der Waals surface area contributed by atoms with Crippen molar-refractivity contribution in [1.82, 2.24) is 14.8 Å². The molecule has 0 aliphatic heterocycles. The van der Waals surface area contributed by atoms with Gasteiger partial charge in [-0.05, 0) is 48.2 Å². The minimum absolute atomic E-state index is 0.200. The maximum absolute atomic E-state index is 12.1. The zero-order chi connectivity index (χ0) is 15.4. The number of carbonyl (C=O) groups excluding carboxylic acids is 1. The van der Waals surface area contributed by atoms with Gasteiger partial charge in [0.15, 0.2) is 5.82 Å². The van der Waals surface area contributed by atoms with Crippen LogP contribution in [0.1, 0.15) is 10.4 Å². The number of rotatable bonds is 4. The molecule has 0 bridgehead atoms. The van der Waals surface area contributed by atoms with Gasteiger partial charge in [-0.25, -0.2) is 9.67 Å². The predicted molar refractivity (Wildman–Crippen MR) is 88.1 cm³/mol. The topological polar surface area (TPSA) is 59.8 Å². The molecule has 0 aliphatic rings. The molecule has 0 aliphatic carbocycles. The molecule has 5 nitrogen and oxygen atoms in total. The SMILES string of the molecule is Cc1ccsc1C=CC(=O)Nc1cccnc1-n1cccn1. The molecule has 0 unspecified atom stereocenters. The van der Waals surface area contributed by atoms with Gasteiger partial charge in [-0.3, -0.25) is 4.79 Å². The molecule has 110 valence electrons. The molecule has 0 aromatic carbocycles. The Morgan fingerprint density at radius 3 is 2.95 bits per heavy atom. The summed E-state index contributed by atoms with van der Waals surface area (Å²) in [5.74, 6) is 0.385. The van der Waals surface area contributed by atoms with Gasteiger partial charge in [-0.15, -0.1) is 11.3 Å². The van der Waals surface area contributed by atoms with Crippen LogP contribution in [0.2, 0.25) is 0 Å². The second kappa shape index (κ2) is 6.36. The number of nitrogens with one attached hydrogen (secondary N) is 1. The lowest BCUT2D eigenvalue weighted by Crippen LogP contribution is -2.11. The summed E-state index contributed by atoms with van der Waals surface area (Å²) >= 11 is 1.61. The van der Waals surface area contributed by atoms with E-state index in [1.807, 2.05) is 24.4 Å². The average Bonchev–Trinajstić information content (AvgIpc) is 3.17. The van der Waals surface area contributed by atoms with Crippen molar-refractivity contribution in [2.45, 2.75) is 6.92 Å². The first-order chi connectivity index (χ1) is 10.7. The molecule has 3 rings (SSSR count). The van der Waals surface area contributed by atoms with Crippen molar-refractivity contribution in [3.05, 3.63) is 64.8 Å². The molecule has 0 atom stereocenters. The third kappa shape index (κ3) is 3.12. The number of hydrogen-bond donors (Lipinski definition) is 1. The summed E-state index contributed by atoms with van der Waals surface area (Å²) in [6.07, 6.45) is 8.46. The minimum atomic E-state index is -0.200. The van der Waals surface area contributed by atoms with Gasteiger partial charge < -0.3 is 5.32 Å². The zero-order valence-corrected chi connectivity index (χ0v) is 12.7. The van der Waals surface area contributed by atoms with E-state index in [1.54, 1.807) is 52.8 Å². The number of carbonyl (C=O) groups is 1. The van der Waals surface area contributed by atoms with Crippen LogP contribution in [-0.2, 0) is 4.79 Å². The van der Waals surface area contributed by atoms with E-state index in [2.05, 4.69) is 15.4 Å². The van der Waals surface area contributed by atoms with Crippen LogP contribution in [-0.4, -0.2) is 20.7 Å². The van der Waals surface area contributed by atoms with E-state index in [-0.39, 0.29) is 5.91 Å². The van der Waals surface area contributed by atoms with Crippen LogP contribution in [0, 0.1) is 6.92 Å². The lowest BCUT2D eigenvalue weighted by atomic mass is 10.3. The highest BCUT2D eigenvalue weighted by Crippen LogP contribution is 2.18. The molecular formula is C16H14N4OS. The van der Waals surface area contributed by atoms with Crippen molar-refractivity contribution in [2.24, 2.45) is 0 Å². The summed E-state index contributed by atoms with van der Waals surface area (Å²) in [6.45, 7) is 2.02. The van der Waals surface area contributed by atoms with E-state index in [9.17, 15) is 4.79 Å². The van der Waals surface area contributed by atoms with Crippen molar-refractivity contribution >= 4 is 29.0 Å². The summed E-state index contributed by atoms with van der Waals surface area (Å²) in [4.78, 5) is 17.4. The molecule has 3 heterocycles. The van der Waals surface area contributed by atoms with E-state index in [4.69, 9.17) is 0 Å². The molecular weight excluding hydrogens is 296 g/mol. The van der Waals surface area contributed by atoms with Crippen LogP contribution in [0.5, 0.6) is 0 Å². The maximum Gasteiger partial charge on any atom is 0.248 e. The molecule has 22 heavy (non-hydrogen) atoms. The lowest BCUT2D eigenvalue weighted by molar-refractivity contribution is -0.111. The average molecular weight is 310 g/mol. The molecule has 0 fully saturated rings. The molecule has 6 heteroatoms. The molecule has 1 amide bonds. The number of amides is 1. The van der Waals surface area contributed by atoms with Gasteiger partial charge in [0.2, 0.25) is 5.91 Å². The first kappa shape index (κ1) is 14.2. The van der Waals surface area contributed by atoms with Gasteiger partial charge in [0.25, 0.3) is 0 Å². The highest BCUT2D eigenvalue weighted by Gasteiger charge is 2.07. The molecule has 0 saturated heterocycles. The van der Waals surface area contributed by atoms with Gasteiger partial charge in [0.05, 0.1) is 5.69 Å². The first-order valence-electron chi connectivity index (χ1n) is 6.72. The van der Waals surface area contributed by atoms with Crippen LogP contribution < -0.4 is 5.32 Å². The summed E-state index contributed by atoms with van der Waals surface area (Å²) in [7, 11) is 0. The number of aromatic nitrogens is 3. The monoisotopic (exact) mass is 310 g/mol. The van der Waals surface area contributed by atoms with E-state index < -0.39 is 0 Å². The fraction of sp³-hybridized carbons (Fsp3) is 0.0625. The maximum atomic E-state index is 12.1. The summed E-state index contributed by atoms with van der Waals surface area (Å²) in [5.41, 5.74) is 1.77. The number of thiophene rings is 1. The number of aryl methyl sites for hydroxylation is 1. The van der Waals surface area contributed by atoms with E-state index in [0.29, 0.717) is 11.5 Å². The van der Waals surface area contributed by atoms with E-state index in [0.717, 1.165) is 10.4 Å². The standard InChI is InChI=1S/C16H14N4OS/c1-12-7-11-22-14(12)5-6-15(21)19-13-4-2-8-17-16(13)20-10-3-9-18-20/h2-11H,1H3,(H,19,21). The Balaban J connectivity index is 1.78. The fourth-order valence-corrected chi connectivity index (χ4v) is 2.77. The van der Waals surface area contributed by atoms with Crippen molar-refractivity contribution < 1.29 is 4.79 Å². The largest absolute Gasteiger partial charge is 0.319 e. The zero-order valence-electron chi connectivity index (χ0n) is 11.9. The van der Waals surface area contributed by atoms with Gasteiger partial charge in [-0.1, -0.05) is 0 Å². The van der Waals surface area contributed by atoms with Crippen LogP contribution in [0.25, 0.3) is 11.9 Å². The number of hydrogen-bond acceptors (Lipinski definition) is 4. The Labute approximate surface area is 131 Å². The second-order valence-corrected chi connectivity index (χ2v) is 5.56. The first-order valence-corrected chi connectivity index (χ1v) is 7.60. The third-order valence-corrected chi connectivity index (χ3v) is 4.04. The van der Waals surface area contributed by atoms with Crippen molar-refractivity contribution in [3.63, 3.8) is 0 Å². The molecule has 1 N–H and O–H groups in total. The Morgan fingerprint density at radius 1 is 1.32 bits per heavy atom. The Kier molecular flexibility index (Phi) is 4.11. The van der Waals surface area contributed by atoms with Crippen molar-refractivity contribution in [2.75, 3.05) is 5.32 Å². The highest BCUT2D eigenvalue weighted by molar-refractivity contribution is 7.11. The third-order valence-electron chi connectivity index (χ3n) is 3.05. The van der Waals surface area contributed by atoms with Crippen molar-refractivity contribution in [1.29, 1.82) is 0 Å². The molecule has 0 saturated carbocycles. The van der Waals surface area contributed by atoms with Crippen LogP contribution >= 0.6 is 11.3 Å². The molecule has 3 aromatic rings. The van der Waals surface area contributed by atoms with Gasteiger partial charge in [0, 0.05) is 29.5 Å². The number of anilines is 1. The van der Waals surface area contributed by atoms with Gasteiger partial charge in [-0.2, -0.15) is 5.10 Å².